The lowest BCUT2D eigenvalue weighted by molar-refractivity contribution is 0.0926. The van der Waals surface area contributed by atoms with Gasteiger partial charge in [0.25, 0.3) is 0 Å². The van der Waals surface area contributed by atoms with Crippen molar-refractivity contribution in [1.82, 2.24) is 0 Å². The van der Waals surface area contributed by atoms with E-state index in [2.05, 4.69) is 0 Å². The summed E-state index contributed by atoms with van der Waals surface area (Å²) in [6.07, 6.45) is 1.65. The van der Waals surface area contributed by atoms with Gasteiger partial charge in [0.1, 0.15) is 0 Å². The van der Waals surface area contributed by atoms with E-state index in [4.69, 9.17) is 9.05 Å². The molecule has 0 saturated carbocycles. The highest BCUT2D eigenvalue weighted by Crippen LogP contribution is 2.62. The van der Waals surface area contributed by atoms with E-state index in [0.29, 0.717) is 0 Å². The first-order chi connectivity index (χ1) is 5.68. The van der Waals surface area contributed by atoms with Crippen molar-refractivity contribution < 1.29 is 13.6 Å². The van der Waals surface area contributed by atoms with Gasteiger partial charge in [-0.3, -0.25) is 9.05 Å². The van der Waals surface area contributed by atoms with E-state index >= 15 is 0 Å². The van der Waals surface area contributed by atoms with E-state index < -0.39 is 12.4 Å². The SMILES string of the molecule is CSP(=O)(OC(C)C)OC(C)(C)C. The lowest BCUT2D eigenvalue weighted by atomic mass is 10.2. The second-order valence-corrected chi connectivity index (χ2v) is 8.08. The summed E-state index contributed by atoms with van der Waals surface area (Å²) in [6, 6.07) is 0. The summed E-state index contributed by atoms with van der Waals surface area (Å²) >= 11 is 1.14. The summed E-state index contributed by atoms with van der Waals surface area (Å²) in [6.45, 7) is 6.31. The molecule has 0 heterocycles. The van der Waals surface area contributed by atoms with Crippen LogP contribution in [0.25, 0.3) is 0 Å². The van der Waals surface area contributed by atoms with Crippen LogP contribution in [0.3, 0.4) is 0 Å². The Balaban J connectivity index is 4.38. The van der Waals surface area contributed by atoms with E-state index in [9.17, 15) is 4.57 Å². The fourth-order valence-electron chi connectivity index (χ4n) is 0.695. The number of hydrogen-bond donors (Lipinski definition) is 0. The van der Waals surface area contributed by atoms with Crippen LogP contribution in [0.5, 0.6) is 0 Å². The zero-order valence-corrected chi connectivity index (χ0v) is 10.9. The van der Waals surface area contributed by atoms with Crippen molar-refractivity contribution in [3.8, 4) is 0 Å². The molecule has 0 radical (unpaired) electrons. The Labute approximate surface area is 84.9 Å². The molecule has 0 spiro atoms. The summed E-state index contributed by atoms with van der Waals surface area (Å²) < 4.78 is 22.6. The van der Waals surface area contributed by atoms with Gasteiger partial charge in [-0.2, -0.15) is 0 Å². The van der Waals surface area contributed by atoms with Gasteiger partial charge in [-0.15, -0.1) is 0 Å². The minimum atomic E-state index is -2.96. The Bertz CT molecular complexity index is 198. The van der Waals surface area contributed by atoms with Crippen LogP contribution in [-0.4, -0.2) is 18.0 Å². The van der Waals surface area contributed by atoms with Crippen LogP contribution in [-0.2, 0) is 13.6 Å². The van der Waals surface area contributed by atoms with Gasteiger partial charge in [-0.25, -0.2) is 4.57 Å². The van der Waals surface area contributed by atoms with Crippen molar-refractivity contribution in [2.45, 2.75) is 46.3 Å². The van der Waals surface area contributed by atoms with Gasteiger partial charge >= 0.3 is 6.80 Å². The molecule has 0 bridgehead atoms. The molecule has 0 N–H and O–H groups in total. The number of hydrogen-bond acceptors (Lipinski definition) is 4. The Morgan fingerprint density at radius 3 is 2.00 bits per heavy atom. The van der Waals surface area contributed by atoms with Gasteiger partial charge in [0, 0.05) is 0 Å². The van der Waals surface area contributed by atoms with Gasteiger partial charge in [-0.05, 0) is 52.3 Å². The standard InChI is InChI=1S/C8H19O3PS/c1-7(2)10-12(9,13-6)11-8(3,4)5/h7H,1-6H3. The maximum Gasteiger partial charge on any atom is 0.389 e. The average molecular weight is 226 g/mol. The van der Waals surface area contributed by atoms with Gasteiger partial charge < -0.3 is 0 Å². The average Bonchev–Trinajstić information content (AvgIpc) is 1.81. The molecule has 0 aromatic heterocycles. The molecule has 0 aliphatic carbocycles. The third-order valence-corrected chi connectivity index (χ3v) is 4.67. The normalized spacial score (nSPS) is 17.5. The zero-order chi connectivity index (χ0) is 10.7. The molecule has 1 unspecified atom stereocenters. The van der Waals surface area contributed by atoms with E-state index in [1.54, 1.807) is 6.26 Å². The Morgan fingerprint density at radius 2 is 1.77 bits per heavy atom. The van der Waals surface area contributed by atoms with E-state index in [-0.39, 0.29) is 6.10 Å². The van der Waals surface area contributed by atoms with Crippen LogP contribution in [0.4, 0.5) is 0 Å². The van der Waals surface area contributed by atoms with Crippen LogP contribution in [0.15, 0.2) is 0 Å². The van der Waals surface area contributed by atoms with Crippen molar-refractivity contribution >= 4 is 18.2 Å². The molecule has 0 aliphatic rings. The fourth-order valence-corrected chi connectivity index (χ4v) is 3.76. The van der Waals surface area contributed by atoms with Crippen molar-refractivity contribution in [1.29, 1.82) is 0 Å². The quantitative estimate of drug-likeness (QED) is 0.685. The van der Waals surface area contributed by atoms with E-state index in [0.717, 1.165) is 11.4 Å². The van der Waals surface area contributed by atoms with E-state index in [1.165, 1.54) is 0 Å². The largest absolute Gasteiger partial charge is 0.389 e. The third kappa shape index (κ3) is 6.55. The van der Waals surface area contributed by atoms with Crippen molar-refractivity contribution in [2.24, 2.45) is 0 Å². The molecule has 0 fully saturated rings. The minimum Gasteiger partial charge on any atom is -0.298 e. The van der Waals surface area contributed by atoms with Crippen LogP contribution >= 0.6 is 18.2 Å². The molecule has 0 aromatic carbocycles. The summed E-state index contributed by atoms with van der Waals surface area (Å²) in [4.78, 5) is 0. The maximum absolute atomic E-state index is 11.9. The summed E-state index contributed by atoms with van der Waals surface area (Å²) in [7, 11) is 0. The summed E-state index contributed by atoms with van der Waals surface area (Å²) in [5, 5.41) is 0. The van der Waals surface area contributed by atoms with Crippen molar-refractivity contribution in [2.75, 3.05) is 6.26 Å². The molecule has 3 nitrogen and oxygen atoms in total. The first kappa shape index (κ1) is 13.5. The first-order valence-corrected chi connectivity index (χ1v) is 7.61. The highest BCUT2D eigenvalue weighted by molar-refractivity contribution is 8.54. The molecule has 0 amide bonds. The van der Waals surface area contributed by atoms with Crippen molar-refractivity contribution in [3.05, 3.63) is 0 Å². The van der Waals surface area contributed by atoms with Crippen LogP contribution in [0.1, 0.15) is 34.6 Å². The smallest absolute Gasteiger partial charge is 0.298 e. The third-order valence-electron chi connectivity index (χ3n) is 0.949. The lowest BCUT2D eigenvalue weighted by Gasteiger charge is -2.26. The topological polar surface area (TPSA) is 35.5 Å². The lowest BCUT2D eigenvalue weighted by Crippen LogP contribution is -2.18. The molecular formula is C8H19O3PS. The highest BCUT2D eigenvalue weighted by Gasteiger charge is 2.30. The molecule has 1 atom stereocenters. The summed E-state index contributed by atoms with van der Waals surface area (Å²) in [5.74, 6) is 0. The molecule has 80 valence electrons. The monoisotopic (exact) mass is 226 g/mol. The van der Waals surface area contributed by atoms with Gasteiger partial charge in [0.2, 0.25) is 0 Å². The van der Waals surface area contributed by atoms with E-state index in [1.807, 2.05) is 34.6 Å². The molecule has 0 rings (SSSR count). The second kappa shape index (κ2) is 4.83. The fraction of sp³-hybridized carbons (Fsp3) is 1.00. The molecule has 13 heavy (non-hydrogen) atoms. The Hall–Kier alpha value is 0.500. The van der Waals surface area contributed by atoms with Gasteiger partial charge in [0.05, 0.1) is 11.7 Å². The maximum atomic E-state index is 11.9. The van der Waals surface area contributed by atoms with Crippen LogP contribution in [0, 0.1) is 0 Å². The van der Waals surface area contributed by atoms with Crippen LogP contribution in [0.2, 0.25) is 0 Å². The van der Waals surface area contributed by atoms with Crippen molar-refractivity contribution in [3.63, 3.8) is 0 Å². The predicted octanol–water partition coefficient (Wildman–Crippen LogP) is 3.70. The molecule has 0 saturated heterocycles. The second-order valence-electron chi connectivity index (χ2n) is 3.99. The predicted molar refractivity (Wildman–Crippen MR) is 58.2 cm³/mol. The Kier molecular flexibility index (Phi) is 5.02. The highest BCUT2D eigenvalue weighted by atomic mass is 32.7. The minimum absolute atomic E-state index is 0.0827. The molecular weight excluding hydrogens is 207 g/mol. The number of rotatable bonds is 4. The molecule has 5 heteroatoms. The molecule has 0 aliphatic heterocycles. The van der Waals surface area contributed by atoms with Gasteiger partial charge in [0.15, 0.2) is 0 Å². The zero-order valence-electron chi connectivity index (χ0n) is 9.16. The van der Waals surface area contributed by atoms with Gasteiger partial charge in [-0.1, -0.05) is 0 Å². The molecule has 0 aromatic rings. The van der Waals surface area contributed by atoms with Crippen LogP contribution < -0.4 is 0 Å². The Morgan fingerprint density at radius 1 is 1.31 bits per heavy atom. The summed E-state index contributed by atoms with van der Waals surface area (Å²) in [5.41, 5.74) is -0.437. The first-order valence-electron chi connectivity index (χ1n) is 4.23.